The molecule has 236 valence electrons. The Bertz CT molecular complexity index is 2710. The number of hydrogen-bond donors (Lipinski definition) is 0. The van der Waals surface area contributed by atoms with Gasteiger partial charge in [-0.3, -0.25) is 0 Å². The van der Waals surface area contributed by atoms with Crippen LogP contribution in [-0.2, 0) is 0 Å². The van der Waals surface area contributed by atoms with Crippen molar-refractivity contribution in [1.29, 1.82) is 0 Å². The van der Waals surface area contributed by atoms with Crippen LogP contribution in [0.15, 0.2) is 168 Å². The van der Waals surface area contributed by atoms with Crippen LogP contribution >= 0.6 is 0 Å². The Balaban J connectivity index is 1.20. The summed E-state index contributed by atoms with van der Waals surface area (Å²) < 4.78 is 6.65. The van der Waals surface area contributed by atoms with E-state index in [-0.39, 0.29) is 0 Å². The maximum Gasteiger partial charge on any atom is 0.164 e. The van der Waals surface area contributed by atoms with Crippen molar-refractivity contribution in [1.82, 2.24) is 15.0 Å². The Morgan fingerprint density at radius 3 is 1.90 bits per heavy atom. The molecule has 0 unspecified atom stereocenters. The highest BCUT2D eigenvalue weighted by molar-refractivity contribution is 6.15. The smallest absolute Gasteiger partial charge is 0.164 e. The summed E-state index contributed by atoms with van der Waals surface area (Å²) >= 11 is 0. The average molecular weight is 642 g/mol. The number of allylic oxidation sites excluding steroid dienone is 1. The first kappa shape index (κ1) is 29.5. The van der Waals surface area contributed by atoms with Gasteiger partial charge in [0.05, 0.1) is 0 Å². The van der Waals surface area contributed by atoms with Gasteiger partial charge in [0.2, 0.25) is 0 Å². The number of furan rings is 1. The summed E-state index contributed by atoms with van der Waals surface area (Å²) in [6.07, 6.45) is 4.21. The summed E-state index contributed by atoms with van der Waals surface area (Å²) in [5, 5.41) is 4.41. The summed E-state index contributed by atoms with van der Waals surface area (Å²) in [5.74, 6) is 1.83. The minimum absolute atomic E-state index is 0.598. The molecule has 9 aromatic rings. The third-order valence-corrected chi connectivity index (χ3v) is 9.25. The summed E-state index contributed by atoms with van der Waals surface area (Å²) in [7, 11) is 0. The molecular formula is C46H31N3O. The van der Waals surface area contributed by atoms with Crippen LogP contribution in [0, 0.1) is 0 Å². The van der Waals surface area contributed by atoms with E-state index in [1.165, 1.54) is 21.9 Å². The number of fused-ring (bicyclic) bond motifs is 4. The zero-order valence-electron chi connectivity index (χ0n) is 27.4. The molecule has 0 aliphatic rings. The molecule has 2 heterocycles. The summed E-state index contributed by atoms with van der Waals surface area (Å²) in [6.45, 7) is 2.04. The quantitative estimate of drug-likeness (QED) is 0.181. The number of aromatic nitrogens is 3. The van der Waals surface area contributed by atoms with E-state index in [1.54, 1.807) is 0 Å². The molecule has 2 aromatic heterocycles. The maximum absolute atomic E-state index is 6.65. The van der Waals surface area contributed by atoms with E-state index in [9.17, 15) is 0 Å². The van der Waals surface area contributed by atoms with E-state index in [4.69, 9.17) is 19.4 Å². The zero-order valence-corrected chi connectivity index (χ0v) is 27.4. The maximum atomic E-state index is 6.65. The minimum Gasteiger partial charge on any atom is -0.455 e. The molecule has 0 aliphatic heterocycles. The predicted molar refractivity (Wildman–Crippen MR) is 206 cm³/mol. The van der Waals surface area contributed by atoms with Gasteiger partial charge in [-0.1, -0.05) is 158 Å². The number of nitrogens with zero attached hydrogens (tertiary/aromatic N) is 3. The molecule has 4 nitrogen and oxygen atoms in total. The summed E-state index contributed by atoms with van der Waals surface area (Å²) in [5.41, 5.74) is 10.0. The Morgan fingerprint density at radius 1 is 0.460 bits per heavy atom. The van der Waals surface area contributed by atoms with Gasteiger partial charge in [-0.25, -0.2) is 15.0 Å². The lowest BCUT2D eigenvalue weighted by atomic mass is 9.98. The molecule has 0 bridgehead atoms. The number of rotatable bonds is 6. The number of benzene rings is 7. The van der Waals surface area contributed by atoms with E-state index < -0.39 is 0 Å². The lowest BCUT2D eigenvalue weighted by Gasteiger charge is -2.10. The van der Waals surface area contributed by atoms with Gasteiger partial charge in [-0.15, -0.1) is 0 Å². The molecule has 0 saturated heterocycles. The Kier molecular flexibility index (Phi) is 7.33. The number of para-hydroxylation sites is 1. The second-order valence-corrected chi connectivity index (χ2v) is 12.4. The SMILES string of the molecule is C/C=C\c1ccccc1-c1ccc(-c2nc(-c3ccccc3)nc(-c3cccc4oc5c(-c6ccc7ccccc7c6)cccc5c34)n2)cc1. The van der Waals surface area contributed by atoms with E-state index in [0.717, 1.165) is 55.3 Å². The molecule has 50 heavy (non-hydrogen) atoms. The van der Waals surface area contributed by atoms with Gasteiger partial charge in [0, 0.05) is 33.0 Å². The molecule has 0 N–H and O–H groups in total. The first-order valence-electron chi connectivity index (χ1n) is 16.8. The number of hydrogen-bond acceptors (Lipinski definition) is 4. The Labute approximate surface area is 290 Å². The van der Waals surface area contributed by atoms with Crippen molar-refractivity contribution in [3.8, 4) is 56.4 Å². The van der Waals surface area contributed by atoms with Gasteiger partial charge in [-0.2, -0.15) is 0 Å². The zero-order chi connectivity index (χ0) is 33.4. The van der Waals surface area contributed by atoms with Crippen molar-refractivity contribution < 1.29 is 4.42 Å². The summed E-state index contributed by atoms with van der Waals surface area (Å²) in [4.78, 5) is 15.2. The predicted octanol–water partition coefficient (Wildman–Crippen LogP) is 12.3. The van der Waals surface area contributed by atoms with Gasteiger partial charge < -0.3 is 4.42 Å². The van der Waals surface area contributed by atoms with Crippen molar-refractivity contribution in [3.63, 3.8) is 0 Å². The van der Waals surface area contributed by atoms with Crippen molar-refractivity contribution in [2.24, 2.45) is 0 Å². The molecule has 0 saturated carbocycles. The van der Waals surface area contributed by atoms with Crippen LogP contribution in [-0.4, -0.2) is 15.0 Å². The van der Waals surface area contributed by atoms with Gasteiger partial charge in [0.25, 0.3) is 0 Å². The lowest BCUT2D eigenvalue weighted by Crippen LogP contribution is -2.00. The topological polar surface area (TPSA) is 51.8 Å². The first-order valence-corrected chi connectivity index (χ1v) is 16.8. The molecule has 0 atom stereocenters. The lowest BCUT2D eigenvalue weighted by molar-refractivity contribution is 0.670. The van der Waals surface area contributed by atoms with Gasteiger partial charge in [-0.05, 0) is 52.1 Å². The van der Waals surface area contributed by atoms with E-state index in [2.05, 4.69) is 127 Å². The van der Waals surface area contributed by atoms with Crippen molar-refractivity contribution in [2.45, 2.75) is 6.92 Å². The monoisotopic (exact) mass is 641 g/mol. The van der Waals surface area contributed by atoms with Crippen LogP contribution in [0.1, 0.15) is 12.5 Å². The van der Waals surface area contributed by atoms with Crippen LogP contribution in [0.2, 0.25) is 0 Å². The Morgan fingerprint density at radius 2 is 1.08 bits per heavy atom. The van der Waals surface area contributed by atoms with Crippen molar-refractivity contribution >= 4 is 38.8 Å². The Hall–Kier alpha value is -6.65. The van der Waals surface area contributed by atoms with Crippen LogP contribution in [0.25, 0.3) is 95.2 Å². The fourth-order valence-corrected chi connectivity index (χ4v) is 6.84. The van der Waals surface area contributed by atoms with Crippen LogP contribution in [0.4, 0.5) is 0 Å². The third-order valence-electron chi connectivity index (χ3n) is 9.25. The second kappa shape index (κ2) is 12.4. The molecule has 0 fully saturated rings. The van der Waals surface area contributed by atoms with E-state index in [1.807, 2.05) is 49.4 Å². The normalized spacial score (nSPS) is 11.6. The first-order chi connectivity index (χ1) is 24.7. The van der Waals surface area contributed by atoms with Crippen molar-refractivity contribution in [3.05, 3.63) is 169 Å². The average Bonchev–Trinajstić information content (AvgIpc) is 3.58. The molecule has 0 spiro atoms. The molecule has 4 heteroatoms. The van der Waals surface area contributed by atoms with Crippen LogP contribution < -0.4 is 0 Å². The van der Waals surface area contributed by atoms with Crippen LogP contribution in [0.5, 0.6) is 0 Å². The molecule has 7 aromatic carbocycles. The minimum atomic E-state index is 0.598. The van der Waals surface area contributed by atoms with Crippen molar-refractivity contribution in [2.75, 3.05) is 0 Å². The standard InChI is InChI=1S/C46H31N3O/c1-2-12-31-14-8-9-18-37(31)32-24-26-34(27-25-32)45-47-44(33-15-4-3-5-16-33)48-46(49-45)40-21-11-22-41-42(40)39-20-10-19-38(43(39)50-41)36-28-23-30-13-6-7-17-35(30)29-36/h2-29H,1H3/b12-2-. The molecule has 0 radical (unpaired) electrons. The van der Waals surface area contributed by atoms with Gasteiger partial charge in [0.15, 0.2) is 17.5 Å². The molecule has 0 amide bonds. The third kappa shape index (κ3) is 5.24. The van der Waals surface area contributed by atoms with Gasteiger partial charge in [0.1, 0.15) is 11.2 Å². The highest BCUT2D eigenvalue weighted by atomic mass is 16.3. The fourth-order valence-electron chi connectivity index (χ4n) is 6.84. The highest BCUT2D eigenvalue weighted by Gasteiger charge is 2.19. The molecule has 9 rings (SSSR count). The van der Waals surface area contributed by atoms with Gasteiger partial charge >= 0.3 is 0 Å². The van der Waals surface area contributed by atoms with Crippen LogP contribution in [0.3, 0.4) is 0 Å². The van der Waals surface area contributed by atoms with E-state index in [0.29, 0.717) is 17.5 Å². The second-order valence-electron chi connectivity index (χ2n) is 12.4. The largest absolute Gasteiger partial charge is 0.455 e. The highest BCUT2D eigenvalue weighted by Crippen LogP contribution is 2.41. The fraction of sp³-hybridized carbons (Fsp3) is 0.0217. The van der Waals surface area contributed by atoms with E-state index >= 15 is 0 Å². The summed E-state index contributed by atoms with van der Waals surface area (Å²) in [6, 6.07) is 54.5. The molecule has 0 aliphatic carbocycles. The molecular weight excluding hydrogens is 611 g/mol.